The van der Waals surface area contributed by atoms with Gasteiger partial charge < -0.3 is 68.1 Å². The SMILES string of the molecule is COc1ccc(-c2cc(=O)n3cc(C4=CCCNC4)ccc3n2)cc1OC.COc1ccc(-c2cc(=O)n3cc(C4=C[C@H]5CC[C@@H](C4)N5)ccc3n2)cc1OC.COc1ccc(-c2cc(=O)n3cc(N4CCC(N(C)C)CC4)cc(C)c3n2)cc1OC.COc1ccc(-c2cc(=O)n3cc(N4C[C@H]5CN(C)C[C@H]5C4)cc(C)c3n2)cc1OC. The van der Waals surface area contributed by atoms with Crippen molar-refractivity contribution in [2.75, 3.05) is 140 Å². The molecule has 14 heterocycles. The zero-order valence-corrected chi connectivity index (χ0v) is 69.2. The normalized spacial score (nSPS) is 17.7. The highest BCUT2D eigenvalue weighted by Gasteiger charge is 2.39. The number of anilines is 2. The quantitative estimate of drug-likeness (QED) is 0.0860. The molecule has 12 aromatic rings. The highest BCUT2D eigenvalue weighted by atomic mass is 16.5. The summed E-state index contributed by atoms with van der Waals surface area (Å²) in [4.78, 5) is 80.1. The second kappa shape index (κ2) is 35.2. The molecule has 0 radical (unpaired) electrons. The van der Waals surface area contributed by atoms with Gasteiger partial charge in [0.05, 0.1) is 91.0 Å². The Kier molecular flexibility index (Phi) is 24.1. The summed E-state index contributed by atoms with van der Waals surface area (Å²) >= 11 is 0. The number of ether oxygens (including phenoxy) is 8. The van der Waals surface area contributed by atoms with Gasteiger partial charge in [-0.15, -0.1) is 0 Å². The third kappa shape index (κ3) is 17.1. The summed E-state index contributed by atoms with van der Waals surface area (Å²) in [7, 11) is 19.2. The van der Waals surface area contributed by atoms with Crippen LogP contribution in [0.5, 0.6) is 46.0 Å². The molecule has 0 saturated carbocycles. The number of hydrogen-bond acceptors (Lipinski definition) is 22. The van der Waals surface area contributed by atoms with Gasteiger partial charge in [0.15, 0.2) is 46.0 Å². The molecular formula is C92H102N14O12. The average molecular weight is 1600 g/mol. The first-order chi connectivity index (χ1) is 57.2. The molecule has 26 heteroatoms. The number of hydrogen-bond donors (Lipinski definition) is 2. The van der Waals surface area contributed by atoms with Crippen molar-refractivity contribution in [2.45, 2.75) is 70.5 Å². The molecule has 612 valence electrons. The van der Waals surface area contributed by atoms with Crippen LogP contribution >= 0.6 is 0 Å². The third-order valence-electron chi connectivity index (χ3n) is 23.4. The van der Waals surface area contributed by atoms with Gasteiger partial charge in [-0.2, -0.15) is 0 Å². The number of piperidine rings is 1. The van der Waals surface area contributed by atoms with Crippen molar-refractivity contribution in [1.82, 2.24) is 58.0 Å². The zero-order chi connectivity index (χ0) is 82.6. The second-order valence-corrected chi connectivity index (χ2v) is 31.1. The van der Waals surface area contributed by atoms with E-state index in [0.717, 1.165) is 134 Å². The topological polar surface area (TPSA) is 248 Å². The Morgan fingerprint density at radius 1 is 0.415 bits per heavy atom. The fourth-order valence-electron chi connectivity index (χ4n) is 17.1. The van der Waals surface area contributed by atoms with Crippen molar-refractivity contribution in [3.05, 3.63) is 234 Å². The second-order valence-electron chi connectivity index (χ2n) is 31.1. The maximum Gasteiger partial charge on any atom is 0.258 e. The van der Waals surface area contributed by atoms with Crippen LogP contribution in [0.15, 0.2) is 190 Å². The predicted molar refractivity (Wildman–Crippen MR) is 463 cm³/mol. The Bertz CT molecular complexity index is 6070. The van der Waals surface area contributed by atoms with Crippen LogP contribution in [-0.4, -0.2) is 196 Å². The number of methoxy groups -OCH3 is 8. The number of likely N-dealkylation sites (tertiary alicyclic amines) is 1. The Hall–Kier alpha value is -12.4. The molecule has 4 aromatic carbocycles. The first-order valence-electron chi connectivity index (χ1n) is 40.0. The van der Waals surface area contributed by atoms with E-state index in [-0.39, 0.29) is 22.2 Å². The fraction of sp³-hybridized carbons (Fsp3) is 0.348. The Morgan fingerprint density at radius 3 is 1.21 bits per heavy atom. The molecule has 18 rings (SSSR count). The van der Waals surface area contributed by atoms with E-state index < -0.39 is 0 Å². The summed E-state index contributed by atoms with van der Waals surface area (Å²) in [6.45, 7) is 12.2. The van der Waals surface area contributed by atoms with Gasteiger partial charge in [0.1, 0.15) is 22.6 Å². The maximum atomic E-state index is 13.1. The van der Waals surface area contributed by atoms with Crippen LogP contribution in [0.4, 0.5) is 11.4 Å². The first kappa shape index (κ1) is 80.8. The zero-order valence-electron chi connectivity index (χ0n) is 69.2. The third-order valence-corrected chi connectivity index (χ3v) is 23.4. The minimum absolute atomic E-state index is 0.0844. The number of nitrogens with zero attached hydrogens (tertiary/aromatic N) is 12. The van der Waals surface area contributed by atoms with E-state index in [4.69, 9.17) is 52.8 Å². The molecular weight excluding hydrogens is 1490 g/mol. The lowest BCUT2D eigenvalue weighted by atomic mass is 9.97. The number of benzene rings is 4. The molecule has 118 heavy (non-hydrogen) atoms. The molecule has 4 fully saturated rings. The molecule has 4 saturated heterocycles. The lowest BCUT2D eigenvalue weighted by Crippen LogP contribution is -2.42. The molecule has 6 aliphatic heterocycles. The highest BCUT2D eigenvalue weighted by Crippen LogP contribution is 2.39. The Balaban J connectivity index is 0.000000123. The fourth-order valence-corrected chi connectivity index (χ4v) is 17.1. The minimum Gasteiger partial charge on any atom is -0.493 e. The summed E-state index contributed by atoms with van der Waals surface area (Å²) in [5.41, 5.74) is 16.7. The van der Waals surface area contributed by atoms with Crippen molar-refractivity contribution >= 4 is 45.1 Å². The molecule has 0 spiro atoms. The van der Waals surface area contributed by atoms with E-state index >= 15 is 0 Å². The van der Waals surface area contributed by atoms with E-state index in [1.807, 2.05) is 130 Å². The maximum absolute atomic E-state index is 13.1. The van der Waals surface area contributed by atoms with Gasteiger partial charge in [0, 0.05) is 135 Å². The monoisotopic (exact) mass is 1590 g/mol. The van der Waals surface area contributed by atoms with Gasteiger partial charge >= 0.3 is 0 Å². The lowest BCUT2D eigenvalue weighted by molar-refractivity contribution is 0.249. The Morgan fingerprint density at radius 2 is 0.814 bits per heavy atom. The average Bonchev–Trinajstić information content (AvgIpc) is 1.14. The number of rotatable bonds is 17. The predicted octanol–water partition coefficient (Wildman–Crippen LogP) is 11.9. The van der Waals surface area contributed by atoms with Gasteiger partial charge in [-0.25, -0.2) is 19.9 Å². The largest absolute Gasteiger partial charge is 0.493 e. The number of nitrogens with one attached hydrogen (secondary N) is 2. The Labute approximate surface area is 685 Å². The van der Waals surface area contributed by atoms with Crippen LogP contribution in [0.3, 0.4) is 0 Å². The summed E-state index contributed by atoms with van der Waals surface area (Å²) in [5.74, 6) is 6.41. The molecule has 2 N–H and O–H groups in total. The van der Waals surface area contributed by atoms with Crippen LogP contribution < -0.4 is 80.6 Å². The number of fused-ring (bicyclic) bond motifs is 7. The number of aromatic nitrogens is 8. The van der Waals surface area contributed by atoms with E-state index in [2.05, 4.69) is 86.7 Å². The molecule has 0 unspecified atom stereocenters. The van der Waals surface area contributed by atoms with E-state index in [1.54, 1.807) is 98.7 Å². The van der Waals surface area contributed by atoms with Gasteiger partial charge in [0.25, 0.3) is 22.2 Å². The van der Waals surface area contributed by atoms with E-state index in [0.29, 0.717) is 121 Å². The number of pyridine rings is 4. The van der Waals surface area contributed by atoms with Gasteiger partial charge in [0.2, 0.25) is 0 Å². The summed E-state index contributed by atoms with van der Waals surface area (Å²) in [6, 6.07) is 42.2. The molecule has 8 aromatic heterocycles. The number of aryl methyl sites for hydroxylation is 2. The van der Waals surface area contributed by atoms with Crippen LogP contribution in [0.2, 0.25) is 0 Å². The van der Waals surface area contributed by atoms with Crippen molar-refractivity contribution < 1.29 is 37.9 Å². The van der Waals surface area contributed by atoms with Crippen molar-refractivity contribution in [1.29, 1.82) is 0 Å². The molecule has 26 nitrogen and oxygen atoms in total. The highest BCUT2D eigenvalue weighted by molar-refractivity contribution is 5.74. The van der Waals surface area contributed by atoms with E-state index in [9.17, 15) is 19.2 Å². The van der Waals surface area contributed by atoms with Gasteiger partial charge in [-0.05, 0) is 234 Å². The van der Waals surface area contributed by atoms with Crippen molar-refractivity contribution in [3.63, 3.8) is 0 Å². The van der Waals surface area contributed by atoms with Crippen LogP contribution in [0.25, 0.3) is 78.8 Å². The van der Waals surface area contributed by atoms with Gasteiger partial charge in [-0.1, -0.05) is 12.2 Å². The lowest BCUT2D eigenvalue weighted by Gasteiger charge is -2.36. The molecule has 4 atom stereocenters. The van der Waals surface area contributed by atoms with E-state index in [1.165, 1.54) is 24.0 Å². The molecule has 0 amide bonds. The van der Waals surface area contributed by atoms with Gasteiger partial charge in [-0.3, -0.25) is 36.8 Å². The summed E-state index contributed by atoms with van der Waals surface area (Å²) in [5, 5.41) is 6.96. The van der Waals surface area contributed by atoms with Crippen molar-refractivity contribution in [3.8, 4) is 91.0 Å². The molecule has 6 aliphatic rings. The standard InChI is InChI=1S/C24H28N4O3.C24H30N4O3.C23H23N3O3.C21H21N3O3/c1-15-7-19(27-12-17-10-26(2)11-18(17)13-27)14-28-23(29)9-20(25-24(15)28)16-5-6-21(30-3)22(8-16)31-4;1-16-12-19(27-10-8-18(9-11-27)26(2)3)15-28-23(29)14-20(25-24(16)28)17-6-7-21(30-4)22(13-17)31-5;1-28-20-7-3-14(11-21(20)29-2)19-12-23(27)26-13-15(4-8-22(26)25-19)16-9-17-5-6-18(10-16)24-17;1-26-18-7-5-14(10-19(18)27-2)17-11-21(25)24-13-16(6-8-20(24)23-17)15-4-3-9-22-12-15/h5-9,14,17-18H,10-13H2,1-4H3;6-7,12-15,18H,8-11H2,1-5H3;3-4,7-9,11-13,17-18,24H,5-6,10H2,1-2H3;4-8,10-11,13,22H,3,9,12H2,1-2H3/t17-,18+;;17-,18+;/m..1./s1. The smallest absolute Gasteiger partial charge is 0.258 e. The summed E-state index contributed by atoms with van der Waals surface area (Å²) < 4.78 is 49.3. The van der Waals surface area contributed by atoms with Crippen molar-refractivity contribution in [2.24, 2.45) is 11.8 Å². The minimum atomic E-state index is -0.115. The first-order valence-corrected chi connectivity index (χ1v) is 40.0. The summed E-state index contributed by atoms with van der Waals surface area (Å²) in [6.07, 6.45) is 18.8. The van der Waals surface area contributed by atoms with Crippen LogP contribution in [0, 0.1) is 25.7 Å². The van der Waals surface area contributed by atoms with Crippen LogP contribution in [0.1, 0.15) is 60.8 Å². The molecule has 2 bridgehead atoms. The van der Waals surface area contributed by atoms with Crippen LogP contribution in [-0.2, 0) is 0 Å². The molecule has 0 aliphatic carbocycles.